The van der Waals surface area contributed by atoms with Crippen molar-refractivity contribution in [2.45, 2.75) is 78.6 Å². The van der Waals surface area contributed by atoms with Crippen molar-refractivity contribution in [2.24, 2.45) is 10.8 Å². The molecule has 0 aliphatic carbocycles. The molecule has 0 bridgehead atoms. The van der Waals surface area contributed by atoms with E-state index in [1.807, 2.05) is 0 Å². The Morgan fingerprint density at radius 3 is 1.53 bits per heavy atom. The van der Waals surface area contributed by atoms with Crippen LogP contribution < -0.4 is 0 Å². The van der Waals surface area contributed by atoms with Crippen molar-refractivity contribution < 1.29 is 9.47 Å². The molecule has 17 heavy (non-hydrogen) atoms. The Balaban J connectivity index is 2.53. The molecule has 2 nitrogen and oxygen atoms in total. The summed E-state index contributed by atoms with van der Waals surface area (Å²) >= 11 is 4.33. The molecule has 1 rings (SSSR count). The van der Waals surface area contributed by atoms with Gasteiger partial charge in [-0.3, -0.25) is 0 Å². The minimum atomic E-state index is -0.358. The second kappa shape index (κ2) is 5.50. The molecule has 0 saturated carbocycles. The largest absolute Gasteiger partial charge is 0.340 e. The monoisotopic (exact) mass is 260 g/mol. The van der Waals surface area contributed by atoms with E-state index < -0.39 is 0 Å². The van der Waals surface area contributed by atoms with Gasteiger partial charge in [0.1, 0.15) is 0 Å². The summed E-state index contributed by atoms with van der Waals surface area (Å²) in [6.07, 6.45) is 3.67. The van der Waals surface area contributed by atoms with E-state index in [0.717, 1.165) is 19.3 Å². The van der Waals surface area contributed by atoms with Crippen molar-refractivity contribution in [3.8, 4) is 0 Å². The molecule has 0 aromatic carbocycles. The maximum absolute atomic E-state index is 5.75. The SMILES string of the molecule is CC(C)(C)CC1CC(CC(C)(C)C)OC(S)O1. The van der Waals surface area contributed by atoms with Gasteiger partial charge in [0, 0.05) is 6.42 Å². The summed E-state index contributed by atoms with van der Waals surface area (Å²) in [5.74, 6) is 0. The van der Waals surface area contributed by atoms with Gasteiger partial charge in [0.25, 0.3) is 0 Å². The van der Waals surface area contributed by atoms with Gasteiger partial charge in [-0.05, 0) is 23.7 Å². The van der Waals surface area contributed by atoms with Gasteiger partial charge in [-0.1, -0.05) is 41.5 Å². The van der Waals surface area contributed by atoms with Gasteiger partial charge in [0.2, 0.25) is 5.62 Å². The first-order valence-corrected chi connectivity index (χ1v) is 7.06. The summed E-state index contributed by atoms with van der Waals surface area (Å²) < 4.78 is 11.5. The summed E-state index contributed by atoms with van der Waals surface area (Å²) in [6, 6.07) is 0. The van der Waals surface area contributed by atoms with Gasteiger partial charge in [-0.25, -0.2) is 0 Å². The van der Waals surface area contributed by atoms with Crippen LogP contribution in [0.4, 0.5) is 0 Å². The van der Waals surface area contributed by atoms with Crippen LogP contribution >= 0.6 is 12.6 Å². The maximum Gasteiger partial charge on any atom is 0.204 e. The summed E-state index contributed by atoms with van der Waals surface area (Å²) in [7, 11) is 0. The molecule has 2 unspecified atom stereocenters. The lowest BCUT2D eigenvalue weighted by Gasteiger charge is -2.38. The third-order valence-corrected chi connectivity index (χ3v) is 3.07. The zero-order valence-corrected chi connectivity index (χ0v) is 13.0. The zero-order chi connectivity index (χ0) is 13.3. The average Bonchev–Trinajstić information content (AvgIpc) is 1.93. The molecule has 0 radical (unpaired) electrons. The van der Waals surface area contributed by atoms with Crippen molar-refractivity contribution in [1.82, 2.24) is 0 Å². The van der Waals surface area contributed by atoms with Gasteiger partial charge in [-0.15, -0.1) is 12.6 Å². The first-order chi connectivity index (χ1) is 7.55. The molecule has 0 aromatic rings. The molecule has 1 aliphatic rings. The smallest absolute Gasteiger partial charge is 0.204 e. The van der Waals surface area contributed by atoms with Gasteiger partial charge in [-0.2, -0.15) is 0 Å². The van der Waals surface area contributed by atoms with Crippen molar-refractivity contribution in [3.05, 3.63) is 0 Å². The molecule has 0 spiro atoms. The summed E-state index contributed by atoms with van der Waals surface area (Å²) in [5, 5.41) is 0. The molecule has 0 aromatic heterocycles. The van der Waals surface area contributed by atoms with Crippen LogP contribution in [0.25, 0.3) is 0 Å². The maximum atomic E-state index is 5.75. The second-order valence-corrected chi connectivity index (χ2v) is 8.01. The molecule has 2 atom stereocenters. The first-order valence-electron chi connectivity index (χ1n) is 6.54. The predicted molar refractivity (Wildman–Crippen MR) is 75.3 cm³/mol. The van der Waals surface area contributed by atoms with Gasteiger partial charge in [0.15, 0.2) is 0 Å². The lowest BCUT2D eigenvalue weighted by Crippen LogP contribution is -2.39. The highest BCUT2D eigenvalue weighted by Crippen LogP contribution is 2.34. The van der Waals surface area contributed by atoms with E-state index in [0.29, 0.717) is 10.8 Å². The number of ether oxygens (including phenoxy) is 2. The van der Waals surface area contributed by atoms with Crippen LogP contribution in [0.2, 0.25) is 0 Å². The number of hydrogen-bond acceptors (Lipinski definition) is 3. The van der Waals surface area contributed by atoms with Crippen LogP contribution in [0.15, 0.2) is 0 Å². The van der Waals surface area contributed by atoms with Gasteiger partial charge in [0.05, 0.1) is 12.2 Å². The Kier molecular flexibility index (Phi) is 4.96. The van der Waals surface area contributed by atoms with Crippen LogP contribution in [0, 0.1) is 10.8 Å². The zero-order valence-electron chi connectivity index (χ0n) is 12.1. The number of thiol groups is 1. The molecule has 102 valence electrons. The van der Waals surface area contributed by atoms with Crippen molar-refractivity contribution >= 4 is 12.6 Å². The molecular weight excluding hydrogens is 232 g/mol. The fraction of sp³-hybridized carbons (Fsp3) is 1.00. The minimum Gasteiger partial charge on any atom is -0.340 e. The Bertz CT molecular complexity index is 216. The molecule has 1 saturated heterocycles. The Morgan fingerprint density at radius 2 is 1.24 bits per heavy atom. The van der Waals surface area contributed by atoms with Crippen LogP contribution in [0.3, 0.4) is 0 Å². The third-order valence-electron chi connectivity index (χ3n) is 2.82. The fourth-order valence-corrected chi connectivity index (χ4v) is 2.74. The van der Waals surface area contributed by atoms with Crippen molar-refractivity contribution in [1.29, 1.82) is 0 Å². The van der Waals surface area contributed by atoms with Crippen LogP contribution in [-0.4, -0.2) is 17.8 Å². The number of hydrogen-bond donors (Lipinski definition) is 1. The van der Waals surface area contributed by atoms with Gasteiger partial charge >= 0.3 is 0 Å². The van der Waals surface area contributed by atoms with E-state index in [-0.39, 0.29) is 17.8 Å². The second-order valence-electron chi connectivity index (χ2n) is 7.59. The highest BCUT2D eigenvalue weighted by molar-refractivity contribution is 7.80. The molecule has 3 heteroatoms. The fourth-order valence-electron chi connectivity index (χ4n) is 2.39. The average molecular weight is 260 g/mol. The molecule has 1 aliphatic heterocycles. The molecular formula is C14H28O2S. The van der Waals surface area contributed by atoms with Crippen molar-refractivity contribution in [2.75, 3.05) is 0 Å². The quantitative estimate of drug-likeness (QED) is 0.748. The Labute approximate surface area is 112 Å². The first kappa shape index (κ1) is 15.3. The van der Waals surface area contributed by atoms with E-state index >= 15 is 0 Å². The summed E-state index contributed by atoms with van der Waals surface area (Å²) in [5.41, 5.74) is 0.229. The summed E-state index contributed by atoms with van der Waals surface area (Å²) in [6.45, 7) is 13.5. The van der Waals surface area contributed by atoms with Crippen molar-refractivity contribution in [3.63, 3.8) is 0 Å². The molecule has 1 fully saturated rings. The lowest BCUT2D eigenvalue weighted by molar-refractivity contribution is -0.207. The Morgan fingerprint density at radius 1 is 0.882 bits per heavy atom. The van der Waals surface area contributed by atoms with E-state index in [9.17, 15) is 0 Å². The predicted octanol–water partition coefficient (Wildman–Crippen LogP) is 4.25. The number of rotatable bonds is 2. The summed E-state index contributed by atoms with van der Waals surface area (Å²) in [4.78, 5) is 0. The van der Waals surface area contributed by atoms with Crippen LogP contribution in [0.1, 0.15) is 60.8 Å². The van der Waals surface area contributed by atoms with E-state index in [2.05, 4.69) is 54.2 Å². The van der Waals surface area contributed by atoms with Crippen LogP contribution in [-0.2, 0) is 9.47 Å². The van der Waals surface area contributed by atoms with Crippen LogP contribution in [0.5, 0.6) is 0 Å². The molecule has 0 amide bonds. The molecule has 0 N–H and O–H groups in total. The topological polar surface area (TPSA) is 18.5 Å². The highest BCUT2D eigenvalue weighted by atomic mass is 32.1. The minimum absolute atomic E-state index is 0.276. The normalized spacial score (nSPS) is 31.6. The van der Waals surface area contributed by atoms with Gasteiger partial charge < -0.3 is 9.47 Å². The molecule has 1 heterocycles. The Hall–Kier alpha value is 0.270. The standard InChI is InChI=1S/C14H28O2S/c1-13(2,3)8-10-7-11(9-14(4,5)6)16-12(17)15-10/h10-12,17H,7-9H2,1-6H3. The highest BCUT2D eigenvalue weighted by Gasteiger charge is 2.32. The van der Waals surface area contributed by atoms with E-state index in [1.54, 1.807) is 0 Å². The third kappa shape index (κ3) is 6.68. The lowest BCUT2D eigenvalue weighted by atomic mass is 9.83. The van der Waals surface area contributed by atoms with E-state index in [4.69, 9.17) is 9.47 Å². The van der Waals surface area contributed by atoms with E-state index in [1.165, 1.54) is 0 Å².